The minimum atomic E-state index is -0.541. The summed E-state index contributed by atoms with van der Waals surface area (Å²) in [7, 11) is 1.34. The van der Waals surface area contributed by atoms with Gasteiger partial charge in [0.25, 0.3) is 0 Å². The third-order valence-electron chi connectivity index (χ3n) is 3.64. The molecule has 1 atom stereocenters. The average Bonchev–Trinajstić information content (AvgIpc) is 2.89. The second kappa shape index (κ2) is 7.05. The molecule has 130 valence electrons. The van der Waals surface area contributed by atoms with Crippen LogP contribution in [0, 0.1) is 0 Å². The fourth-order valence-corrected chi connectivity index (χ4v) is 2.62. The zero-order valence-corrected chi connectivity index (χ0v) is 14.5. The molecule has 1 aromatic carbocycles. The highest BCUT2D eigenvalue weighted by molar-refractivity contribution is 5.91. The SMILES string of the molecule is COC(=O)C(CN)c1c[nH]c2ccc(CC(=O)OC(C)(C)C)cc12. The third-order valence-corrected chi connectivity index (χ3v) is 3.64. The van der Waals surface area contributed by atoms with Gasteiger partial charge < -0.3 is 20.2 Å². The van der Waals surface area contributed by atoms with Crippen LogP contribution in [0.2, 0.25) is 0 Å². The van der Waals surface area contributed by atoms with Crippen LogP contribution in [0.4, 0.5) is 0 Å². The second-order valence-corrected chi connectivity index (χ2v) is 6.70. The van der Waals surface area contributed by atoms with Gasteiger partial charge >= 0.3 is 11.9 Å². The number of carbonyl (C=O) groups excluding carboxylic acids is 2. The molecule has 0 fully saturated rings. The molecule has 6 nitrogen and oxygen atoms in total. The van der Waals surface area contributed by atoms with Gasteiger partial charge in [0.1, 0.15) is 5.60 Å². The van der Waals surface area contributed by atoms with E-state index in [0.717, 1.165) is 22.0 Å². The lowest BCUT2D eigenvalue weighted by molar-refractivity contribution is -0.154. The smallest absolute Gasteiger partial charge is 0.314 e. The Kier molecular flexibility index (Phi) is 5.29. The summed E-state index contributed by atoms with van der Waals surface area (Å²) in [4.78, 5) is 27.0. The van der Waals surface area contributed by atoms with Crippen molar-refractivity contribution in [3.05, 3.63) is 35.5 Å². The fraction of sp³-hybridized carbons (Fsp3) is 0.444. The van der Waals surface area contributed by atoms with Crippen molar-refractivity contribution in [3.8, 4) is 0 Å². The molecule has 3 N–H and O–H groups in total. The number of aromatic nitrogens is 1. The van der Waals surface area contributed by atoms with E-state index in [9.17, 15) is 9.59 Å². The van der Waals surface area contributed by atoms with Crippen molar-refractivity contribution >= 4 is 22.8 Å². The van der Waals surface area contributed by atoms with Gasteiger partial charge in [-0.15, -0.1) is 0 Å². The Bertz CT molecular complexity index is 743. The molecule has 1 heterocycles. The third kappa shape index (κ3) is 4.14. The quantitative estimate of drug-likeness (QED) is 0.819. The summed E-state index contributed by atoms with van der Waals surface area (Å²) in [5.74, 6) is -1.21. The van der Waals surface area contributed by atoms with Gasteiger partial charge in [0.15, 0.2) is 0 Å². The van der Waals surface area contributed by atoms with E-state index >= 15 is 0 Å². The summed E-state index contributed by atoms with van der Waals surface area (Å²) in [6, 6.07) is 5.63. The van der Waals surface area contributed by atoms with Gasteiger partial charge in [0.2, 0.25) is 0 Å². The number of fused-ring (bicyclic) bond motifs is 1. The van der Waals surface area contributed by atoms with Crippen molar-refractivity contribution in [1.82, 2.24) is 4.98 Å². The normalized spacial score (nSPS) is 12.9. The van der Waals surface area contributed by atoms with Crippen LogP contribution in [-0.4, -0.2) is 36.2 Å². The number of methoxy groups -OCH3 is 1. The summed E-state index contributed by atoms with van der Waals surface area (Å²) >= 11 is 0. The first kappa shape index (κ1) is 18.0. The number of nitrogens with two attached hydrogens (primary N) is 1. The van der Waals surface area contributed by atoms with Crippen LogP contribution in [0.3, 0.4) is 0 Å². The number of esters is 2. The number of carbonyl (C=O) groups is 2. The molecule has 2 rings (SSSR count). The Morgan fingerprint density at radius 2 is 2.00 bits per heavy atom. The van der Waals surface area contributed by atoms with Gasteiger partial charge in [-0.2, -0.15) is 0 Å². The number of ether oxygens (including phenoxy) is 2. The zero-order valence-electron chi connectivity index (χ0n) is 14.5. The van der Waals surface area contributed by atoms with Crippen LogP contribution >= 0.6 is 0 Å². The summed E-state index contributed by atoms with van der Waals surface area (Å²) in [5, 5.41) is 0.858. The highest BCUT2D eigenvalue weighted by atomic mass is 16.6. The zero-order chi connectivity index (χ0) is 17.9. The molecule has 0 aliphatic heterocycles. The number of rotatable bonds is 5. The lowest BCUT2D eigenvalue weighted by atomic mass is 9.97. The van der Waals surface area contributed by atoms with E-state index < -0.39 is 11.5 Å². The Labute approximate surface area is 141 Å². The second-order valence-electron chi connectivity index (χ2n) is 6.70. The van der Waals surface area contributed by atoms with Crippen LogP contribution in [-0.2, 0) is 25.5 Å². The van der Waals surface area contributed by atoms with E-state index in [1.807, 2.05) is 39.0 Å². The van der Waals surface area contributed by atoms with Crippen LogP contribution in [0.1, 0.15) is 37.8 Å². The van der Waals surface area contributed by atoms with Gasteiger partial charge in [0.05, 0.1) is 19.4 Å². The predicted octanol–water partition coefficient (Wildman–Crippen LogP) is 2.27. The molecule has 0 radical (unpaired) electrons. The van der Waals surface area contributed by atoms with E-state index in [2.05, 4.69) is 4.98 Å². The molecule has 0 spiro atoms. The predicted molar refractivity (Wildman–Crippen MR) is 91.7 cm³/mol. The number of benzene rings is 1. The van der Waals surface area contributed by atoms with Gasteiger partial charge in [-0.05, 0) is 44.0 Å². The number of H-pyrrole nitrogens is 1. The number of hydrogen-bond acceptors (Lipinski definition) is 5. The molecule has 2 aromatic rings. The maximum atomic E-state index is 12.0. The first-order valence-corrected chi connectivity index (χ1v) is 7.85. The molecular weight excluding hydrogens is 308 g/mol. The van der Waals surface area contributed by atoms with Crippen molar-refractivity contribution in [1.29, 1.82) is 0 Å². The highest BCUT2D eigenvalue weighted by Gasteiger charge is 2.23. The Balaban J connectivity index is 2.31. The largest absolute Gasteiger partial charge is 0.469 e. The summed E-state index contributed by atoms with van der Waals surface area (Å²) in [6.45, 7) is 5.65. The number of aromatic amines is 1. The van der Waals surface area contributed by atoms with E-state index in [4.69, 9.17) is 15.2 Å². The van der Waals surface area contributed by atoms with Crippen LogP contribution in [0.25, 0.3) is 10.9 Å². The highest BCUT2D eigenvalue weighted by Crippen LogP contribution is 2.27. The van der Waals surface area contributed by atoms with Gasteiger partial charge in [0, 0.05) is 23.6 Å². The van der Waals surface area contributed by atoms with Crippen LogP contribution in [0.15, 0.2) is 24.4 Å². The summed E-state index contributed by atoms with van der Waals surface area (Å²) in [6.07, 6.45) is 1.93. The molecular formula is C18H24N2O4. The molecule has 0 amide bonds. The molecule has 6 heteroatoms. The molecule has 24 heavy (non-hydrogen) atoms. The maximum Gasteiger partial charge on any atom is 0.314 e. The molecule has 1 unspecified atom stereocenters. The van der Waals surface area contributed by atoms with Crippen molar-refractivity contribution < 1.29 is 19.1 Å². The average molecular weight is 332 g/mol. The molecule has 1 aromatic heterocycles. The lowest BCUT2D eigenvalue weighted by Gasteiger charge is -2.19. The molecule has 0 saturated heterocycles. The van der Waals surface area contributed by atoms with Crippen molar-refractivity contribution in [2.75, 3.05) is 13.7 Å². The lowest BCUT2D eigenvalue weighted by Crippen LogP contribution is -2.25. The van der Waals surface area contributed by atoms with Crippen molar-refractivity contribution in [2.24, 2.45) is 5.73 Å². The Morgan fingerprint density at radius 1 is 1.29 bits per heavy atom. The standard InChI is InChI=1S/C18H24N2O4/c1-18(2,3)24-16(21)8-11-5-6-15-12(7-11)14(10-20-15)13(9-19)17(22)23-4/h5-7,10,13,20H,8-9,19H2,1-4H3. The Hall–Kier alpha value is -2.34. The van der Waals surface area contributed by atoms with E-state index in [-0.39, 0.29) is 24.9 Å². The maximum absolute atomic E-state index is 12.0. The number of hydrogen-bond donors (Lipinski definition) is 2. The van der Waals surface area contributed by atoms with Gasteiger partial charge in [-0.3, -0.25) is 9.59 Å². The first-order chi connectivity index (χ1) is 11.2. The van der Waals surface area contributed by atoms with Crippen molar-refractivity contribution in [2.45, 2.75) is 38.7 Å². The topological polar surface area (TPSA) is 94.4 Å². The number of nitrogens with one attached hydrogen (secondary N) is 1. The fourth-order valence-electron chi connectivity index (χ4n) is 2.62. The summed E-state index contributed by atoms with van der Waals surface area (Å²) in [5.41, 5.74) is 7.67. The minimum absolute atomic E-state index is 0.149. The van der Waals surface area contributed by atoms with E-state index in [1.54, 1.807) is 6.20 Å². The molecule has 0 bridgehead atoms. The monoisotopic (exact) mass is 332 g/mol. The minimum Gasteiger partial charge on any atom is -0.469 e. The van der Waals surface area contributed by atoms with Gasteiger partial charge in [-0.1, -0.05) is 6.07 Å². The first-order valence-electron chi connectivity index (χ1n) is 7.85. The van der Waals surface area contributed by atoms with Crippen LogP contribution < -0.4 is 5.73 Å². The molecule has 0 saturated carbocycles. The Morgan fingerprint density at radius 3 is 2.58 bits per heavy atom. The molecule has 0 aliphatic carbocycles. The molecule has 0 aliphatic rings. The van der Waals surface area contributed by atoms with Crippen LogP contribution in [0.5, 0.6) is 0 Å². The van der Waals surface area contributed by atoms with Crippen molar-refractivity contribution in [3.63, 3.8) is 0 Å². The van der Waals surface area contributed by atoms with Gasteiger partial charge in [-0.25, -0.2) is 0 Å². The summed E-state index contributed by atoms with van der Waals surface area (Å²) < 4.78 is 10.2. The van der Waals surface area contributed by atoms with E-state index in [1.165, 1.54) is 7.11 Å². The van der Waals surface area contributed by atoms with E-state index in [0.29, 0.717) is 0 Å².